The van der Waals surface area contributed by atoms with E-state index < -0.39 is 0 Å². The molecule has 2 aromatic rings. The van der Waals surface area contributed by atoms with Gasteiger partial charge in [0, 0.05) is 17.1 Å². The molecule has 1 aromatic heterocycles. The highest BCUT2D eigenvalue weighted by atomic mass is 35.5. The molecule has 0 unspecified atom stereocenters. The van der Waals surface area contributed by atoms with Crippen LogP contribution in [0.2, 0.25) is 5.02 Å². The van der Waals surface area contributed by atoms with Crippen LogP contribution in [-0.2, 0) is 11.2 Å². The molecule has 3 rings (SSSR count). The van der Waals surface area contributed by atoms with E-state index in [0.717, 1.165) is 47.0 Å². The number of amides is 1. The highest BCUT2D eigenvalue weighted by Crippen LogP contribution is 2.36. The lowest BCUT2D eigenvalue weighted by Gasteiger charge is -2.26. The van der Waals surface area contributed by atoms with Crippen molar-refractivity contribution in [3.8, 4) is 0 Å². The molecule has 1 aromatic carbocycles. The molecule has 0 spiro atoms. The van der Waals surface area contributed by atoms with E-state index in [1.54, 1.807) is 0 Å². The van der Waals surface area contributed by atoms with E-state index in [9.17, 15) is 4.79 Å². The predicted octanol–water partition coefficient (Wildman–Crippen LogP) is 3.85. The minimum absolute atomic E-state index is 0.0710. The number of aryl methyl sites for hydroxylation is 2. The van der Waals surface area contributed by atoms with Crippen LogP contribution in [0.4, 0.5) is 0 Å². The number of nitrogens with zero attached hydrogens (tertiary/aromatic N) is 2. The van der Waals surface area contributed by atoms with Gasteiger partial charge in [0.25, 0.3) is 0 Å². The second kappa shape index (κ2) is 6.13. The number of likely N-dealkylation sites (tertiary alicyclic amines) is 1. The fourth-order valence-electron chi connectivity index (χ4n) is 3.14. The topological polar surface area (TPSA) is 46.3 Å². The summed E-state index contributed by atoms with van der Waals surface area (Å²) in [5.74, 6) is 0.830. The standard InChI is InChI=1S/C17H19ClN2O2/c1-11-14(12(2)22-19-11)10-17(21)20-9-5-8-16(20)13-6-3-4-7-15(13)18/h3-4,6-7,16H,5,8-10H2,1-2H3/t16-/m1/s1. The van der Waals surface area contributed by atoms with Gasteiger partial charge in [0.1, 0.15) is 5.76 Å². The first-order valence-corrected chi connectivity index (χ1v) is 7.91. The van der Waals surface area contributed by atoms with Crippen LogP contribution in [0.15, 0.2) is 28.8 Å². The Kier molecular flexibility index (Phi) is 4.21. The Balaban J connectivity index is 1.81. The van der Waals surface area contributed by atoms with Crippen LogP contribution in [0, 0.1) is 13.8 Å². The summed E-state index contributed by atoms with van der Waals surface area (Å²) < 4.78 is 5.15. The molecule has 0 bridgehead atoms. The van der Waals surface area contributed by atoms with Crippen LogP contribution in [0.3, 0.4) is 0 Å². The molecule has 0 saturated carbocycles. The maximum atomic E-state index is 12.7. The van der Waals surface area contributed by atoms with Gasteiger partial charge in [0.2, 0.25) is 5.91 Å². The van der Waals surface area contributed by atoms with Gasteiger partial charge < -0.3 is 9.42 Å². The van der Waals surface area contributed by atoms with Crippen molar-refractivity contribution in [2.45, 2.75) is 39.2 Å². The van der Waals surface area contributed by atoms with Crippen molar-refractivity contribution in [2.24, 2.45) is 0 Å². The average Bonchev–Trinajstić information content (AvgIpc) is 3.10. The van der Waals surface area contributed by atoms with E-state index >= 15 is 0 Å². The van der Waals surface area contributed by atoms with E-state index in [1.807, 2.05) is 43.0 Å². The molecule has 1 amide bonds. The van der Waals surface area contributed by atoms with E-state index in [4.69, 9.17) is 16.1 Å². The van der Waals surface area contributed by atoms with Crippen LogP contribution >= 0.6 is 11.6 Å². The van der Waals surface area contributed by atoms with Gasteiger partial charge in [0.05, 0.1) is 18.2 Å². The number of carbonyl (C=O) groups is 1. The molecule has 1 aliphatic rings. The van der Waals surface area contributed by atoms with Gasteiger partial charge >= 0.3 is 0 Å². The Bertz CT molecular complexity index is 676. The first-order valence-electron chi connectivity index (χ1n) is 7.53. The Hall–Kier alpha value is -1.81. The molecule has 0 aliphatic carbocycles. The highest BCUT2D eigenvalue weighted by Gasteiger charge is 2.31. The van der Waals surface area contributed by atoms with Gasteiger partial charge in [-0.25, -0.2) is 0 Å². The largest absolute Gasteiger partial charge is 0.361 e. The maximum absolute atomic E-state index is 12.7. The average molecular weight is 319 g/mol. The molecule has 0 N–H and O–H groups in total. The number of halogens is 1. The van der Waals surface area contributed by atoms with Crippen LogP contribution < -0.4 is 0 Å². The summed E-state index contributed by atoms with van der Waals surface area (Å²) in [5.41, 5.74) is 2.72. The Morgan fingerprint density at radius 2 is 2.18 bits per heavy atom. The molecule has 5 heteroatoms. The summed E-state index contributed by atoms with van der Waals surface area (Å²) in [5, 5.41) is 4.65. The smallest absolute Gasteiger partial charge is 0.227 e. The lowest BCUT2D eigenvalue weighted by Crippen LogP contribution is -2.32. The van der Waals surface area contributed by atoms with Crippen molar-refractivity contribution < 1.29 is 9.32 Å². The number of hydrogen-bond acceptors (Lipinski definition) is 3. The Morgan fingerprint density at radius 3 is 2.86 bits per heavy atom. The van der Waals surface area contributed by atoms with E-state index in [-0.39, 0.29) is 11.9 Å². The summed E-state index contributed by atoms with van der Waals surface area (Å²) in [4.78, 5) is 14.7. The SMILES string of the molecule is Cc1noc(C)c1CC(=O)N1CCC[C@@H]1c1ccccc1Cl. The van der Waals surface area contributed by atoms with E-state index in [1.165, 1.54) is 0 Å². The van der Waals surface area contributed by atoms with Crippen LogP contribution in [-0.4, -0.2) is 22.5 Å². The second-order valence-electron chi connectivity index (χ2n) is 5.75. The molecule has 4 nitrogen and oxygen atoms in total. The lowest BCUT2D eigenvalue weighted by molar-refractivity contribution is -0.131. The molecular weight excluding hydrogens is 300 g/mol. The van der Waals surface area contributed by atoms with Crippen molar-refractivity contribution in [2.75, 3.05) is 6.54 Å². The number of rotatable bonds is 3. The van der Waals surface area contributed by atoms with Gasteiger partial charge in [-0.05, 0) is 38.3 Å². The van der Waals surface area contributed by atoms with Crippen molar-refractivity contribution in [3.05, 3.63) is 51.9 Å². The Morgan fingerprint density at radius 1 is 1.41 bits per heavy atom. The summed E-state index contributed by atoms with van der Waals surface area (Å²) in [6.07, 6.45) is 2.29. The van der Waals surface area contributed by atoms with Crippen molar-refractivity contribution in [3.63, 3.8) is 0 Å². The van der Waals surface area contributed by atoms with Crippen molar-refractivity contribution in [1.29, 1.82) is 0 Å². The summed E-state index contributed by atoms with van der Waals surface area (Å²) >= 11 is 6.30. The van der Waals surface area contributed by atoms with Crippen molar-refractivity contribution >= 4 is 17.5 Å². The molecule has 116 valence electrons. The quantitative estimate of drug-likeness (QED) is 0.863. The molecule has 1 atom stereocenters. The third kappa shape index (κ3) is 2.75. The third-order valence-electron chi connectivity index (χ3n) is 4.35. The van der Waals surface area contributed by atoms with Gasteiger partial charge in [0.15, 0.2) is 0 Å². The molecule has 22 heavy (non-hydrogen) atoms. The van der Waals surface area contributed by atoms with Crippen LogP contribution in [0.1, 0.15) is 41.5 Å². The maximum Gasteiger partial charge on any atom is 0.227 e. The first-order chi connectivity index (χ1) is 10.6. The number of aromatic nitrogens is 1. The molecule has 0 radical (unpaired) electrons. The van der Waals surface area contributed by atoms with Gasteiger partial charge in [-0.2, -0.15) is 0 Å². The van der Waals surface area contributed by atoms with E-state index in [2.05, 4.69) is 5.16 Å². The minimum Gasteiger partial charge on any atom is -0.361 e. The molecule has 2 heterocycles. The number of carbonyl (C=O) groups excluding carboxylic acids is 1. The van der Waals surface area contributed by atoms with Crippen LogP contribution in [0.5, 0.6) is 0 Å². The molecule has 1 aliphatic heterocycles. The Labute approximate surface area is 135 Å². The summed E-state index contributed by atoms with van der Waals surface area (Å²) in [6, 6.07) is 7.84. The molecule has 1 saturated heterocycles. The molecular formula is C17H19ClN2O2. The minimum atomic E-state index is 0.0710. The van der Waals surface area contributed by atoms with Gasteiger partial charge in [-0.1, -0.05) is 35.0 Å². The number of benzene rings is 1. The fraction of sp³-hybridized carbons (Fsp3) is 0.412. The zero-order valence-electron chi connectivity index (χ0n) is 12.8. The number of hydrogen-bond donors (Lipinski definition) is 0. The normalized spacial score (nSPS) is 18.0. The van der Waals surface area contributed by atoms with Crippen LogP contribution in [0.25, 0.3) is 0 Å². The van der Waals surface area contributed by atoms with E-state index in [0.29, 0.717) is 6.42 Å². The monoisotopic (exact) mass is 318 g/mol. The zero-order valence-corrected chi connectivity index (χ0v) is 13.6. The lowest BCUT2D eigenvalue weighted by atomic mass is 10.0. The first kappa shape index (κ1) is 15.1. The second-order valence-corrected chi connectivity index (χ2v) is 6.15. The van der Waals surface area contributed by atoms with Gasteiger partial charge in [-0.3, -0.25) is 4.79 Å². The summed E-state index contributed by atoms with van der Waals surface area (Å²) in [7, 11) is 0. The molecule has 1 fully saturated rings. The third-order valence-corrected chi connectivity index (χ3v) is 4.69. The fourth-order valence-corrected chi connectivity index (χ4v) is 3.40. The highest BCUT2D eigenvalue weighted by molar-refractivity contribution is 6.31. The van der Waals surface area contributed by atoms with Crippen molar-refractivity contribution in [1.82, 2.24) is 10.1 Å². The summed E-state index contributed by atoms with van der Waals surface area (Å²) in [6.45, 7) is 4.49. The van der Waals surface area contributed by atoms with Gasteiger partial charge in [-0.15, -0.1) is 0 Å². The predicted molar refractivity (Wildman–Crippen MR) is 84.8 cm³/mol. The zero-order chi connectivity index (χ0) is 15.7.